The Morgan fingerprint density at radius 1 is 1.26 bits per heavy atom. The predicted octanol–water partition coefficient (Wildman–Crippen LogP) is 1.70. The first kappa shape index (κ1) is 14.2. The van der Waals surface area contributed by atoms with Crippen LogP contribution in [0.1, 0.15) is 18.5 Å². The average Bonchev–Trinajstić information content (AvgIpc) is 2.81. The van der Waals surface area contributed by atoms with Gasteiger partial charge in [-0.1, -0.05) is 6.07 Å². The largest absolute Gasteiger partial charge is 0.377 e. The minimum Gasteiger partial charge on any atom is -0.377 e. The molecule has 0 spiro atoms. The van der Waals surface area contributed by atoms with Crippen LogP contribution in [-0.4, -0.2) is 39.5 Å². The zero-order chi connectivity index (χ0) is 14.0. The topological polar surface area (TPSA) is 47.7 Å². The molecule has 106 valence electrons. The second-order valence-corrected chi connectivity index (χ2v) is 4.95. The average molecular weight is 268 g/mol. The first-order valence-electron chi connectivity index (χ1n) is 6.42. The van der Waals surface area contributed by atoms with Crippen LogP contribution in [-0.2, 0) is 9.47 Å². The number of anilines is 1. The lowest BCUT2D eigenvalue weighted by atomic mass is 10.1. The molecule has 1 heterocycles. The van der Waals surface area contributed by atoms with Gasteiger partial charge in [-0.05, 0) is 24.6 Å². The van der Waals surface area contributed by atoms with E-state index in [-0.39, 0.29) is 24.1 Å². The maximum Gasteiger partial charge on any atom is 0.146 e. The second kappa shape index (κ2) is 5.86. The van der Waals surface area contributed by atoms with Crippen molar-refractivity contribution in [2.45, 2.75) is 25.2 Å². The summed E-state index contributed by atoms with van der Waals surface area (Å²) in [7, 11) is 3.30. The van der Waals surface area contributed by atoms with Gasteiger partial charge in [-0.25, -0.2) is 4.39 Å². The fourth-order valence-electron chi connectivity index (χ4n) is 2.46. The summed E-state index contributed by atoms with van der Waals surface area (Å²) in [5.74, 6) is -0.249. The van der Waals surface area contributed by atoms with Crippen LogP contribution in [0.3, 0.4) is 0 Å². The molecule has 0 aromatic heterocycles. The van der Waals surface area contributed by atoms with Gasteiger partial charge in [0.2, 0.25) is 0 Å². The van der Waals surface area contributed by atoms with Crippen LogP contribution in [0.15, 0.2) is 18.2 Å². The second-order valence-electron chi connectivity index (χ2n) is 4.95. The zero-order valence-corrected chi connectivity index (χ0v) is 11.6. The maximum atomic E-state index is 14.1. The Morgan fingerprint density at radius 3 is 2.26 bits per heavy atom. The molecule has 0 aliphatic carbocycles. The highest BCUT2D eigenvalue weighted by molar-refractivity contribution is 5.51. The van der Waals surface area contributed by atoms with Gasteiger partial charge in [0.15, 0.2) is 0 Å². The van der Waals surface area contributed by atoms with E-state index in [9.17, 15) is 4.39 Å². The monoisotopic (exact) mass is 268 g/mol. The summed E-state index contributed by atoms with van der Waals surface area (Å²) >= 11 is 0. The molecule has 1 aromatic rings. The van der Waals surface area contributed by atoms with E-state index in [1.54, 1.807) is 20.3 Å². The smallest absolute Gasteiger partial charge is 0.146 e. The van der Waals surface area contributed by atoms with Gasteiger partial charge in [0, 0.05) is 33.4 Å². The molecule has 3 atom stereocenters. The molecule has 19 heavy (non-hydrogen) atoms. The molecule has 0 saturated carbocycles. The Bertz CT molecular complexity index is 427. The van der Waals surface area contributed by atoms with Gasteiger partial charge in [0.05, 0.1) is 5.69 Å². The Labute approximate surface area is 113 Å². The van der Waals surface area contributed by atoms with E-state index in [1.807, 2.05) is 17.9 Å². The Morgan fingerprint density at radius 2 is 1.84 bits per heavy atom. The maximum absolute atomic E-state index is 14.1. The third kappa shape index (κ3) is 2.88. The van der Waals surface area contributed by atoms with Gasteiger partial charge < -0.3 is 20.1 Å². The van der Waals surface area contributed by atoms with Crippen molar-refractivity contribution in [2.75, 3.05) is 32.2 Å². The number of rotatable bonds is 4. The molecule has 1 aliphatic rings. The van der Waals surface area contributed by atoms with Crippen molar-refractivity contribution in [2.24, 2.45) is 5.73 Å². The van der Waals surface area contributed by atoms with Gasteiger partial charge in [0.25, 0.3) is 0 Å². The summed E-state index contributed by atoms with van der Waals surface area (Å²) in [6, 6.07) is 4.98. The SMILES string of the molecule is COC1CN(c2ccc([C@H](C)N)cc2F)CC1OC. The lowest BCUT2D eigenvalue weighted by Crippen LogP contribution is -2.27. The summed E-state index contributed by atoms with van der Waals surface area (Å²) in [5.41, 5.74) is 7.13. The molecule has 2 rings (SSSR count). The standard InChI is InChI=1S/C14H21FN2O2/c1-9(16)10-4-5-12(11(15)6-10)17-7-13(18-2)14(8-17)19-3/h4-6,9,13-14H,7-8,16H2,1-3H3/t9-,13?,14?/m0/s1. The fourth-order valence-corrected chi connectivity index (χ4v) is 2.46. The normalized spacial score (nSPS) is 24.8. The molecule has 4 nitrogen and oxygen atoms in total. The Kier molecular flexibility index (Phi) is 4.39. The molecule has 2 unspecified atom stereocenters. The van der Waals surface area contributed by atoms with E-state index in [0.29, 0.717) is 18.8 Å². The fraction of sp³-hybridized carbons (Fsp3) is 0.571. The molecule has 5 heteroatoms. The number of halogens is 1. The van der Waals surface area contributed by atoms with Crippen LogP contribution in [0.2, 0.25) is 0 Å². The summed E-state index contributed by atoms with van der Waals surface area (Å²) in [6.07, 6.45) is -0.0602. The minimum atomic E-state index is -0.249. The molecular formula is C14H21FN2O2. The third-order valence-corrected chi connectivity index (χ3v) is 3.66. The van der Waals surface area contributed by atoms with Crippen LogP contribution in [0.5, 0.6) is 0 Å². The summed E-state index contributed by atoms with van der Waals surface area (Å²) in [5, 5.41) is 0. The molecule has 0 radical (unpaired) electrons. The van der Waals surface area contributed by atoms with Crippen molar-refractivity contribution in [1.29, 1.82) is 0 Å². The van der Waals surface area contributed by atoms with Crippen LogP contribution in [0, 0.1) is 5.82 Å². The quantitative estimate of drug-likeness (QED) is 0.903. The highest BCUT2D eigenvalue weighted by atomic mass is 19.1. The first-order valence-corrected chi connectivity index (χ1v) is 6.42. The van der Waals surface area contributed by atoms with Gasteiger partial charge in [-0.15, -0.1) is 0 Å². The highest BCUT2D eigenvalue weighted by Gasteiger charge is 2.34. The number of hydrogen-bond acceptors (Lipinski definition) is 4. The van der Waals surface area contributed by atoms with Gasteiger partial charge >= 0.3 is 0 Å². The van der Waals surface area contributed by atoms with Gasteiger partial charge in [-0.2, -0.15) is 0 Å². The van der Waals surface area contributed by atoms with E-state index in [2.05, 4.69) is 0 Å². The number of benzene rings is 1. The molecule has 1 saturated heterocycles. The van der Waals surface area contributed by atoms with Gasteiger partial charge in [-0.3, -0.25) is 0 Å². The summed E-state index contributed by atoms with van der Waals surface area (Å²) in [4.78, 5) is 1.95. The molecule has 2 N–H and O–H groups in total. The van der Waals surface area contributed by atoms with Crippen LogP contribution >= 0.6 is 0 Å². The van der Waals surface area contributed by atoms with Crippen LogP contribution < -0.4 is 10.6 Å². The molecule has 0 bridgehead atoms. The molecule has 1 aromatic carbocycles. The van der Waals surface area contributed by atoms with Crippen molar-refractivity contribution in [3.63, 3.8) is 0 Å². The molecule has 1 fully saturated rings. The van der Waals surface area contributed by atoms with E-state index < -0.39 is 0 Å². The highest BCUT2D eigenvalue weighted by Crippen LogP contribution is 2.27. The number of hydrogen-bond donors (Lipinski definition) is 1. The van der Waals surface area contributed by atoms with Crippen molar-refractivity contribution >= 4 is 5.69 Å². The van der Waals surface area contributed by atoms with E-state index in [4.69, 9.17) is 15.2 Å². The molecule has 1 aliphatic heterocycles. The molecular weight excluding hydrogens is 247 g/mol. The number of nitrogens with zero attached hydrogens (tertiary/aromatic N) is 1. The van der Waals surface area contributed by atoms with Gasteiger partial charge in [0.1, 0.15) is 18.0 Å². The van der Waals surface area contributed by atoms with E-state index in [0.717, 1.165) is 5.56 Å². The lowest BCUT2D eigenvalue weighted by Gasteiger charge is -2.19. The predicted molar refractivity (Wildman–Crippen MR) is 72.8 cm³/mol. The summed E-state index contributed by atoms with van der Waals surface area (Å²) in [6.45, 7) is 3.10. The Balaban J connectivity index is 2.19. The number of ether oxygens (including phenoxy) is 2. The zero-order valence-electron chi connectivity index (χ0n) is 11.6. The minimum absolute atomic E-state index is 0.0301. The van der Waals surface area contributed by atoms with E-state index in [1.165, 1.54) is 6.07 Å². The van der Waals surface area contributed by atoms with Crippen molar-refractivity contribution in [3.8, 4) is 0 Å². The number of nitrogens with two attached hydrogens (primary N) is 1. The lowest BCUT2D eigenvalue weighted by molar-refractivity contribution is -0.00461. The van der Waals surface area contributed by atoms with Crippen molar-refractivity contribution in [3.05, 3.63) is 29.6 Å². The first-order chi connectivity index (χ1) is 9.06. The van der Waals surface area contributed by atoms with Crippen molar-refractivity contribution < 1.29 is 13.9 Å². The van der Waals surface area contributed by atoms with Crippen LogP contribution in [0.25, 0.3) is 0 Å². The summed E-state index contributed by atoms with van der Waals surface area (Å²) < 4.78 is 24.9. The molecule has 0 amide bonds. The Hall–Kier alpha value is -1.17. The van der Waals surface area contributed by atoms with Crippen LogP contribution in [0.4, 0.5) is 10.1 Å². The number of methoxy groups -OCH3 is 2. The van der Waals surface area contributed by atoms with E-state index >= 15 is 0 Å². The third-order valence-electron chi connectivity index (χ3n) is 3.66. The van der Waals surface area contributed by atoms with Crippen molar-refractivity contribution in [1.82, 2.24) is 0 Å².